The van der Waals surface area contributed by atoms with Crippen LogP contribution in [-0.2, 0) is 6.54 Å². The van der Waals surface area contributed by atoms with Crippen LogP contribution >= 0.6 is 0 Å². The van der Waals surface area contributed by atoms with Crippen molar-refractivity contribution in [3.63, 3.8) is 0 Å². The van der Waals surface area contributed by atoms with Crippen molar-refractivity contribution in [3.8, 4) is 5.75 Å². The molecule has 106 valence electrons. The predicted molar refractivity (Wildman–Crippen MR) is 83.8 cm³/mol. The highest BCUT2D eigenvalue weighted by Crippen LogP contribution is 2.23. The van der Waals surface area contributed by atoms with Crippen LogP contribution in [0.1, 0.15) is 42.5 Å². The van der Waals surface area contributed by atoms with Gasteiger partial charge in [-0.3, -0.25) is 0 Å². The molecule has 0 aromatic heterocycles. The Labute approximate surface area is 121 Å². The van der Waals surface area contributed by atoms with Gasteiger partial charge in [-0.15, -0.1) is 0 Å². The fourth-order valence-corrected chi connectivity index (χ4v) is 2.46. The molecule has 0 spiro atoms. The number of benzene rings is 2. The second-order valence-corrected chi connectivity index (χ2v) is 5.22. The van der Waals surface area contributed by atoms with Gasteiger partial charge in [0.1, 0.15) is 5.75 Å². The highest BCUT2D eigenvalue weighted by Gasteiger charge is 2.11. The minimum Gasteiger partial charge on any atom is -0.507 e. The van der Waals surface area contributed by atoms with Gasteiger partial charge < -0.3 is 10.4 Å². The Morgan fingerprint density at radius 1 is 1.05 bits per heavy atom. The fraction of sp³-hybridized carbons (Fsp3) is 0.333. The number of hydrogen-bond donors (Lipinski definition) is 2. The van der Waals surface area contributed by atoms with Crippen LogP contribution in [0.15, 0.2) is 48.5 Å². The van der Waals surface area contributed by atoms with E-state index in [1.54, 1.807) is 0 Å². The van der Waals surface area contributed by atoms with E-state index in [1.807, 2.05) is 31.2 Å². The van der Waals surface area contributed by atoms with Crippen LogP contribution in [0, 0.1) is 6.92 Å². The maximum atomic E-state index is 10.1. The average Bonchev–Trinajstić information content (AvgIpc) is 2.48. The van der Waals surface area contributed by atoms with Gasteiger partial charge in [-0.05, 0) is 24.5 Å². The quantitative estimate of drug-likeness (QED) is 0.818. The summed E-state index contributed by atoms with van der Waals surface area (Å²) in [6, 6.07) is 16.7. The highest BCUT2D eigenvalue weighted by atomic mass is 16.3. The number of hydrogen-bond acceptors (Lipinski definition) is 2. The van der Waals surface area contributed by atoms with Crippen LogP contribution in [0.4, 0.5) is 0 Å². The summed E-state index contributed by atoms with van der Waals surface area (Å²) in [4.78, 5) is 0. The summed E-state index contributed by atoms with van der Waals surface area (Å²) in [6.07, 6.45) is 2.23. The van der Waals surface area contributed by atoms with Gasteiger partial charge in [0.15, 0.2) is 0 Å². The normalized spacial score (nSPS) is 12.3. The third-order valence-corrected chi connectivity index (χ3v) is 3.64. The summed E-state index contributed by atoms with van der Waals surface area (Å²) in [7, 11) is 0. The molecule has 2 heteroatoms. The van der Waals surface area contributed by atoms with E-state index in [2.05, 4.69) is 36.5 Å². The molecule has 2 rings (SSSR count). The molecule has 2 aromatic rings. The van der Waals surface area contributed by atoms with E-state index in [9.17, 15) is 5.11 Å². The molecule has 2 aromatic carbocycles. The minimum absolute atomic E-state index is 0.334. The molecule has 0 bridgehead atoms. The maximum Gasteiger partial charge on any atom is 0.122 e. The van der Waals surface area contributed by atoms with Gasteiger partial charge in [0.2, 0.25) is 0 Å². The van der Waals surface area contributed by atoms with Crippen LogP contribution in [0.5, 0.6) is 5.75 Å². The lowest BCUT2D eigenvalue weighted by molar-refractivity contribution is 0.447. The molecule has 0 heterocycles. The van der Waals surface area contributed by atoms with E-state index in [0.29, 0.717) is 18.3 Å². The van der Waals surface area contributed by atoms with Gasteiger partial charge in [0.25, 0.3) is 0 Å². The van der Waals surface area contributed by atoms with E-state index >= 15 is 0 Å². The maximum absolute atomic E-state index is 10.1. The molecule has 0 aliphatic heterocycles. The second kappa shape index (κ2) is 7.11. The first-order valence-corrected chi connectivity index (χ1v) is 7.28. The second-order valence-electron chi connectivity index (χ2n) is 5.22. The van der Waals surface area contributed by atoms with Crippen molar-refractivity contribution in [1.82, 2.24) is 5.32 Å². The van der Waals surface area contributed by atoms with Crippen molar-refractivity contribution in [2.75, 3.05) is 0 Å². The Hall–Kier alpha value is -1.80. The molecule has 0 fully saturated rings. The van der Waals surface area contributed by atoms with Crippen LogP contribution in [-0.4, -0.2) is 5.11 Å². The summed E-state index contributed by atoms with van der Waals surface area (Å²) >= 11 is 0. The van der Waals surface area contributed by atoms with Gasteiger partial charge >= 0.3 is 0 Å². The van der Waals surface area contributed by atoms with Crippen LogP contribution in [0.2, 0.25) is 0 Å². The third-order valence-electron chi connectivity index (χ3n) is 3.64. The zero-order chi connectivity index (χ0) is 14.4. The number of para-hydroxylation sites is 1. The number of nitrogens with one attached hydrogen (secondary N) is 1. The van der Waals surface area contributed by atoms with Crippen molar-refractivity contribution in [2.24, 2.45) is 0 Å². The molecule has 0 saturated heterocycles. The summed E-state index contributed by atoms with van der Waals surface area (Å²) in [6.45, 7) is 4.81. The Bertz CT molecular complexity index is 536. The number of phenolic OH excluding ortho intramolecular Hbond substituents is 1. The van der Waals surface area contributed by atoms with E-state index in [-0.39, 0.29) is 0 Å². The topological polar surface area (TPSA) is 32.3 Å². The molecule has 2 N–H and O–H groups in total. The standard InChI is InChI=1S/C18H23NO/c1-3-8-17(15-10-5-4-6-11-15)19-13-16-12-7-9-14(2)18(16)20/h4-7,9-12,17,19-20H,3,8,13H2,1-2H3. The summed E-state index contributed by atoms with van der Waals surface area (Å²) in [5, 5.41) is 13.6. The van der Waals surface area contributed by atoms with Crippen molar-refractivity contribution in [1.29, 1.82) is 0 Å². The van der Waals surface area contributed by atoms with E-state index in [0.717, 1.165) is 24.0 Å². The smallest absolute Gasteiger partial charge is 0.122 e. The predicted octanol–water partition coefficient (Wildman–Crippen LogP) is 4.33. The number of aryl methyl sites for hydroxylation is 1. The molecule has 0 aliphatic carbocycles. The summed E-state index contributed by atoms with van der Waals surface area (Å²) in [5.41, 5.74) is 3.19. The zero-order valence-corrected chi connectivity index (χ0v) is 12.3. The zero-order valence-electron chi connectivity index (χ0n) is 12.3. The average molecular weight is 269 g/mol. The fourth-order valence-electron chi connectivity index (χ4n) is 2.46. The molecule has 0 saturated carbocycles. The Kier molecular flexibility index (Phi) is 5.19. The minimum atomic E-state index is 0.334. The molecular formula is C18H23NO. The first-order chi connectivity index (χ1) is 9.72. The summed E-state index contributed by atoms with van der Waals surface area (Å²) < 4.78 is 0. The first kappa shape index (κ1) is 14.6. The molecule has 20 heavy (non-hydrogen) atoms. The number of phenols is 1. The van der Waals surface area contributed by atoms with Gasteiger partial charge in [0.05, 0.1) is 0 Å². The third kappa shape index (κ3) is 3.61. The monoisotopic (exact) mass is 269 g/mol. The van der Waals surface area contributed by atoms with E-state index in [4.69, 9.17) is 0 Å². The van der Waals surface area contributed by atoms with Crippen LogP contribution in [0.3, 0.4) is 0 Å². The van der Waals surface area contributed by atoms with Gasteiger partial charge in [-0.1, -0.05) is 61.9 Å². The Morgan fingerprint density at radius 2 is 1.80 bits per heavy atom. The van der Waals surface area contributed by atoms with Crippen molar-refractivity contribution >= 4 is 0 Å². The molecule has 0 amide bonds. The van der Waals surface area contributed by atoms with Gasteiger partial charge in [-0.2, -0.15) is 0 Å². The molecule has 0 aliphatic rings. The Balaban J connectivity index is 2.08. The first-order valence-electron chi connectivity index (χ1n) is 7.28. The summed E-state index contributed by atoms with van der Waals surface area (Å²) in [5.74, 6) is 0.406. The molecule has 1 unspecified atom stereocenters. The van der Waals surface area contributed by atoms with Gasteiger partial charge in [0, 0.05) is 18.2 Å². The molecule has 2 nitrogen and oxygen atoms in total. The largest absolute Gasteiger partial charge is 0.507 e. The lowest BCUT2D eigenvalue weighted by atomic mass is 10.0. The molecular weight excluding hydrogens is 246 g/mol. The van der Waals surface area contributed by atoms with Crippen LogP contribution in [0.25, 0.3) is 0 Å². The van der Waals surface area contributed by atoms with E-state index in [1.165, 1.54) is 5.56 Å². The number of rotatable bonds is 6. The van der Waals surface area contributed by atoms with Crippen molar-refractivity contribution in [2.45, 2.75) is 39.3 Å². The van der Waals surface area contributed by atoms with Crippen LogP contribution < -0.4 is 5.32 Å². The Morgan fingerprint density at radius 3 is 2.50 bits per heavy atom. The van der Waals surface area contributed by atoms with Crippen molar-refractivity contribution in [3.05, 3.63) is 65.2 Å². The molecule has 1 atom stereocenters. The van der Waals surface area contributed by atoms with Gasteiger partial charge in [-0.25, -0.2) is 0 Å². The lowest BCUT2D eigenvalue weighted by Gasteiger charge is -2.19. The van der Waals surface area contributed by atoms with E-state index < -0.39 is 0 Å². The lowest BCUT2D eigenvalue weighted by Crippen LogP contribution is -2.20. The SMILES string of the molecule is CCCC(NCc1cccc(C)c1O)c1ccccc1. The number of aromatic hydroxyl groups is 1. The highest BCUT2D eigenvalue weighted by molar-refractivity contribution is 5.39. The van der Waals surface area contributed by atoms with Crippen molar-refractivity contribution < 1.29 is 5.11 Å². The molecule has 0 radical (unpaired) electrons.